The third-order valence-electron chi connectivity index (χ3n) is 5.71. The van der Waals surface area contributed by atoms with E-state index in [-0.39, 0.29) is 17.4 Å². The molecule has 0 saturated carbocycles. The molecule has 2 aliphatic heterocycles. The molecule has 1 fully saturated rings. The van der Waals surface area contributed by atoms with Gasteiger partial charge in [-0.3, -0.25) is 9.59 Å². The van der Waals surface area contributed by atoms with E-state index in [1.54, 1.807) is 7.11 Å². The first kappa shape index (κ1) is 17.6. The second kappa shape index (κ2) is 7.06. The number of amides is 2. The highest BCUT2D eigenvalue weighted by Crippen LogP contribution is 2.31. The number of likely N-dealkylation sites (tertiary alicyclic amines) is 1. The van der Waals surface area contributed by atoms with Gasteiger partial charge >= 0.3 is 0 Å². The summed E-state index contributed by atoms with van der Waals surface area (Å²) in [6.45, 7) is 1.26. The number of nitrogens with zero attached hydrogens (tertiary/aromatic N) is 1. The summed E-state index contributed by atoms with van der Waals surface area (Å²) in [7, 11) is 1.62. The monoisotopic (exact) mass is 364 g/mol. The van der Waals surface area contributed by atoms with Gasteiger partial charge in [0.2, 0.25) is 5.91 Å². The predicted octanol–water partition coefficient (Wildman–Crippen LogP) is 2.59. The number of ether oxygens (including phenoxy) is 1. The van der Waals surface area contributed by atoms with Crippen LogP contribution in [0.15, 0.2) is 48.5 Å². The van der Waals surface area contributed by atoms with Gasteiger partial charge in [0.05, 0.1) is 19.1 Å². The average molecular weight is 364 g/mol. The highest BCUT2D eigenvalue weighted by atomic mass is 16.5. The van der Waals surface area contributed by atoms with E-state index in [1.165, 1.54) is 0 Å². The van der Waals surface area contributed by atoms with Crippen LogP contribution in [0.1, 0.15) is 34.3 Å². The Morgan fingerprint density at radius 3 is 2.89 bits per heavy atom. The number of benzene rings is 2. The van der Waals surface area contributed by atoms with Crippen molar-refractivity contribution in [1.82, 2.24) is 10.2 Å². The first-order chi connectivity index (χ1) is 13.1. The van der Waals surface area contributed by atoms with Gasteiger partial charge in [0.25, 0.3) is 5.91 Å². The van der Waals surface area contributed by atoms with Crippen molar-refractivity contribution in [1.29, 1.82) is 0 Å². The summed E-state index contributed by atoms with van der Waals surface area (Å²) in [5, 5.41) is 3.22. The van der Waals surface area contributed by atoms with Gasteiger partial charge in [-0.1, -0.05) is 30.3 Å². The molecule has 0 unspecified atom stereocenters. The molecule has 0 aliphatic carbocycles. The van der Waals surface area contributed by atoms with E-state index in [9.17, 15) is 9.59 Å². The van der Waals surface area contributed by atoms with E-state index >= 15 is 0 Å². The summed E-state index contributed by atoms with van der Waals surface area (Å²) in [5.41, 5.74) is 2.47. The molecule has 2 heterocycles. The van der Waals surface area contributed by atoms with Gasteiger partial charge in [0, 0.05) is 18.7 Å². The maximum absolute atomic E-state index is 12.8. The van der Waals surface area contributed by atoms with Gasteiger partial charge in [0.15, 0.2) is 0 Å². The lowest BCUT2D eigenvalue weighted by Crippen LogP contribution is -2.50. The minimum atomic E-state index is -0.319. The van der Waals surface area contributed by atoms with Crippen LogP contribution >= 0.6 is 0 Å². The third kappa shape index (κ3) is 3.54. The van der Waals surface area contributed by atoms with Crippen molar-refractivity contribution >= 4 is 11.8 Å². The largest absolute Gasteiger partial charge is 0.497 e. The quantitative estimate of drug-likeness (QED) is 0.911. The zero-order valence-corrected chi connectivity index (χ0v) is 15.5. The Morgan fingerprint density at radius 2 is 2.04 bits per heavy atom. The summed E-state index contributed by atoms with van der Waals surface area (Å²) in [6, 6.07) is 15.4. The fourth-order valence-corrected chi connectivity index (χ4v) is 4.16. The van der Waals surface area contributed by atoms with Crippen molar-refractivity contribution < 1.29 is 14.3 Å². The molecule has 2 aliphatic rings. The summed E-state index contributed by atoms with van der Waals surface area (Å²) in [5.74, 6) is 0.827. The fraction of sp³-hybridized carbons (Fsp3) is 0.364. The summed E-state index contributed by atoms with van der Waals surface area (Å²) >= 11 is 0. The number of methoxy groups -OCH3 is 1. The number of hydrogen-bond donors (Lipinski definition) is 1. The maximum atomic E-state index is 12.8. The molecule has 1 N–H and O–H groups in total. The van der Waals surface area contributed by atoms with Crippen LogP contribution < -0.4 is 10.1 Å². The molecule has 0 bridgehead atoms. The zero-order chi connectivity index (χ0) is 18.9. The van der Waals surface area contributed by atoms with Gasteiger partial charge in [-0.15, -0.1) is 0 Å². The summed E-state index contributed by atoms with van der Waals surface area (Å²) in [6.07, 6.45) is 2.86. The number of carbonyl (C=O) groups is 2. The SMILES string of the molecule is COc1cccc(CC(=O)N2CC[C@]3(CCc4ccccc4C(=O)N3)C2)c1. The van der Waals surface area contributed by atoms with Gasteiger partial charge in [-0.2, -0.15) is 0 Å². The van der Waals surface area contributed by atoms with Crippen LogP contribution in [0.3, 0.4) is 0 Å². The Morgan fingerprint density at radius 1 is 1.19 bits per heavy atom. The second-order valence-electron chi connectivity index (χ2n) is 7.49. The molecule has 4 rings (SSSR count). The molecule has 1 saturated heterocycles. The van der Waals surface area contributed by atoms with Crippen LogP contribution in [0, 0.1) is 0 Å². The van der Waals surface area contributed by atoms with Crippen LogP contribution in [0.5, 0.6) is 5.75 Å². The number of hydrogen-bond acceptors (Lipinski definition) is 3. The lowest BCUT2D eigenvalue weighted by atomic mass is 9.91. The van der Waals surface area contributed by atoms with E-state index in [0.29, 0.717) is 19.5 Å². The van der Waals surface area contributed by atoms with Crippen LogP contribution in [0.25, 0.3) is 0 Å². The molecular weight excluding hydrogens is 340 g/mol. The first-order valence-corrected chi connectivity index (χ1v) is 9.40. The number of fused-ring (bicyclic) bond motifs is 1. The summed E-state index contributed by atoms with van der Waals surface area (Å²) in [4.78, 5) is 27.4. The Hall–Kier alpha value is -2.82. The second-order valence-corrected chi connectivity index (χ2v) is 7.49. The van der Waals surface area contributed by atoms with Gasteiger partial charge in [0.1, 0.15) is 5.75 Å². The van der Waals surface area contributed by atoms with Crippen molar-refractivity contribution in [2.24, 2.45) is 0 Å². The highest BCUT2D eigenvalue weighted by Gasteiger charge is 2.42. The zero-order valence-electron chi connectivity index (χ0n) is 15.5. The first-order valence-electron chi connectivity index (χ1n) is 9.40. The molecule has 2 aromatic carbocycles. The molecule has 2 amide bonds. The van der Waals surface area contributed by atoms with Crippen molar-refractivity contribution in [3.63, 3.8) is 0 Å². The molecule has 5 nitrogen and oxygen atoms in total. The topological polar surface area (TPSA) is 58.6 Å². The lowest BCUT2D eigenvalue weighted by molar-refractivity contribution is -0.129. The summed E-state index contributed by atoms with van der Waals surface area (Å²) < 4.78 is 5.24. The van der Waals surface area contributed by atoms with E-state index in [4.69, 9.17) is 4.74 Å². The molecule has 27 heavy (non-hydrogen) atoms. The van der Waals surface area contributed by atoms with Crippen molar-refractivity contribution in [3.8, 4) is 5.75 Å². The normalized spacial score (nSPS) is 21.5. The Kier molecular flexibility index (Phi) is 4.60. The van der Waals surface area contributed by atoms with E-state index in [2.05, 4.69) is 5.32 Å². The van der Waals surface area contributed by atoms with Crippen LogP contribution in [-0.4, -0.2) is 42.5 Å². The molecular formula is C22H24N2O3. The van der Waals surface area contributed by atoms with Gasteiger partial charge in [-0.25, -0.2) is 0 Å². The minimum absolute atomic E-state index is 0.0230. The Labute approximate surface area is 159 Å². The van der Waals surface area contributed by atoms with E-state index < -0.39 is 0 Å². The molecule has 1 spiro atoms. The Bertz CT molecular complexity index is 879. The van der Waals surface area contributed by atoms with Crippen LogP contribution in [0.2, 0.25) is 0 Å². The van der Waals surface area contributed by atoms with Crippen molar-refractivity contribution in [2.75, 3.05) is 20.2 Å². The highest BCUT2D eigenvalue weighted by molar-refractivity contribution is 5.96. The molecule has 0 aromatic heterocycles. The lowest BCUT2D eigenvalue weighted by Gasteiger charge is -2.29. The average Bonchev–Trinajstić information content (AvgIpc) is 3.05. The number of nitrogens with one attached hydrogen (secondary N) is 1. The smallest absolute Gasteiger partial charge is 0.252 e. The fourth-order valence-electron chi connectivity index (χ4n) is 4.16. The van der Waals surface area contributed by atoms with Crippen molar-refractivity contribution in [2.45, 2.75) is 31.2 Å². The van der Waals surface area contributed by atoms with Crippen LogP contribution in [0.4, 0.5) is 0 Å². The molecule has 0 radical (unpaired) electrons. The van der Waals surface area contributed by atoms with E-state index in [0.717, 1.165) is 41.7 Å². The van der Waals surface area contributed by atoms with E-state index in [1.807, 2.05) is 53.4 Å². The predicted molar refractivity (Wildman–Crippen MR) is 103 cm³/mol. The molecule has 140 valence electrons. The van der Waals surface area contributed by atoms with Gasteiger partial charge in [-0.05, 0) is 48.6 Å². The maximum Gasteiger partial charge on any atom is 0.252 e. The molecule has 1 atom stereocenters. The Balaban J connectivity index is 1.45. The number of carbonyl (C=O) groups excluding carboxylic acids is 2. The molecule has 2 aromatic rings. The minimum Gasteiger partial charge on any atom is -0.497 e. The molecule has 5 heteroatoms. The third-order valence-corrected chi connectivity index (χ3v) is 5.71. The van der Waals surface area contributed by atoms with Crippen LogP contribution in [-0.2, 0) is 17.6 Å². The number of aryl methyl sites for hydroxylation is 1. The number of rotatable bonds is 3. The standard InChI is InChI=1S/C22H24N2O3/c1-27-18-7-4-5-16(13-18)14-20(25)24-12-11-22(15-24)10-9-17-6-2-3-8-19(17)21(26)23-22/h2-8,13H,9-12,14-15H2,1H3,(H,23,26)/t22-/m1/s1. The van der Waals surface area contributed by atoms with Crippen molar-refractivity contribution in [3.05, 3.63) is 65.2 Å². The van der Waals surface area contributed by atoms with Gasteiger partial charge < -0.3 is 15.0 Å².